The van der Waals surface area contributed by atoms with E-state index in [2.05, 4.69) is 12.1 Å². The number of carbonyl (C=O) groups excluding carboxylic acids is 1. The maximum absolute atomic E-state index is 12.3. The van der Waals surface area contributed by atoms with Gasteiger partial charge in [0.25, 0.3) is 0 Å². The molecule has 0 saturated heterocycles. The summed E-state index contributed by atoms with van der Waals surface area (Å²) >= 11 is 0. The number of methoxy groups -OCH3 is 1. The second-order valence-electron chi connectivity index (χ2n) is 5.39. The van der Waals surface area contributed by atoms with Crippen LogP contribution in [0.2, 0.25) is 0 Å². The van der Waals surface area contributed by atoms with Crippen LogP contribution in [0.1, 0.15) is 28.3 Å². The Hall–Kier alpha value is -3.15. The molecular formula is C19H17N3O2. The van der Waals surface area contributed by atoms with Gasteiger partial charge in [-0.15, -0.1) is 0 Å². The van der Waals surface area contributed by atoms with Gasteiger partial charge in [0.15, 0.2) is 0 Å². The minimum absolute atomic E-state index is 0.388. The molecule has 0 aliphatic carbocycles. The Morgan fingerprint density at radius 2 is 1.79 bits per heavy atom. The molecule has 0 aromatic heterocycles. The summed E-state index contributed by atoms with van der Waals surface area (Å²) in [7, 11) is 3.16. The molecule has 0 aliphatic heterocycles. The summed E-state index contributed by atoms with van der Waals surface area (Å²) in [5.41, 5.74) is 2.76. The molecule has 0 N–H and O–H groups in total. The van der Waals surface area contributed by atoms with Crippen LogP contribution >= 0.6 is 0 Å². The normalized spacial score (nSPS) is 11.4. The predicted octanol–water partition coefficient (Wildman–Crippen LogP) is 2.78. The van der Waals surface area contributed by atoms with Crippen LogP contribution in [0.5, 0.6) is 0 Å². The maximum Gasteiger partial charge on any atom is 0.327 e. The second-order valence-corrected chi connectivity index (χ2v) is 5.39. The van der Waals surface area contributed by atoms with Crippen molar-refractivity contribution in [1.29, 1.82) is 10.5 Å². The van der Waals surface area contributed by atoms with Crippen LogP contribution in [0.15, 0.2) is 48.5 Å². The van der Waals surface area contributed by atoms with Gasteiger partial charge in [-0.05, 0) is 42.4 Å². The summed E-state index contributed by atoms with van der Waals surface area (Å²) in [5, 5.41) is 17.9. The van der Waals surface area contributed by atoms with Crippen LogP contribution in [-0.2, 0) is 16.1 Å². The highest BCUT2D eigenvalue weighted by Crippen LogP contribution is 2.24. The SMILES string of the molecule is COC(=O)[C@@H](c1cccc(C#N)c1)N(C)Cc1ccc(C#N)cc1. The number of nitriles is 2. The predicted molar refractivity (Wildman–Crippen MR) is 88.5 cm³/mol. The number of hydrogen-bond acceptors (Lipinski definition) is 5. The van der Waals surface area contributed by atoms with Crippen LogP contribution in [0.25, 0.3) is 0 Å². The molecule has 0 heterocycles. The zero-order valence-electron chi connectivity index (χ0n) is 13.6. The second kappa shape index (κ2) is 7.92. The fourth-order valence-electron chi connectivity index (χ4n) is 2.52. The van der Waals surface area contributed by atoms with Gasteiger partial charge in [-0.2, -0.15) is 10.5 Å². The molecular weight excluding hydrogens is 302 g/mol. The van der Waals surface area contributed by atoms with E-state index in [-0.39, 0.29) is 5.97 Å². The number of esters is 1. The molecule has 0 radical (unpaired) electrons. The molecule has 0 amide bonds. The zero-order valence-corrected chi connectivity index (χ0v) is 13.6. The lowest BCUT2D eigenvalue weighted by molar-refractivity contribution is -0.147. The van der Waals surface area contributed by atoms with Gasteiger partial charge in [-0.3, -0.25) is 4.90 Å². The average molecular weight is 319 g/mol. The summed E-state index contributed by atoms with van der Waals surface area (Å²) < 4.78 is 4.93. The van der Waals surface area contributed by atoms with Crippen molar-refractivity contribution in [3.8, 4) is 12.1 Å². The first-order valence-corrected chi connectivity index (χ1v) is 7.36. The Labute approximate surface area is 141 Å². The van der Waals surface area contributed by atoms with E-state index in [1.165, 1.54) is 7.11 Å². The van der Waals surface area contributed by atoms with Crippen molar-refractivity contribution in [2.24, 2.45) is 0 Å². The summed E-state index contributed by atoms with van der Waals surface area (Å²) in [6, 6.07) is 17.7. The van der Waals surface area contributed by atoms with Crippen LogP contribution in [0, 0.1) is 22.7 Å². The number of likely N-dealkylation sites (N-methyl/N-ethyl adjacent to an activating group) is 1. The number of carbonyl (C=O) groups is 1. The fourth-order valence-corrected chi connectivity index (χ4v) is 2.52. The molecule has 0 fully saturated rings. The number of rotatable bonds is 5. The van der Waals surface area contributed by atoms with Gasteiger partial charge in [0.2, 0.25) is 0 Å². The monoisotopic (exact) mass is 319 g/mol. The smallest absolute Gasteiger partial charge is 0.327 e. The third kappa shape index (κ3) is 3.98. The van der Waals surface area contributed by atoms with Gasteiger partial charge in [0.1, 0.15) is 6.04 Å². The number of ether oxygens (including phenoxy) is 1. The number of benzene rings is 2. The van der Waals surface area contributed by atoms with Crippen molar-refractivity contribution in [3.05, 3.63) is 70.8 Å². The highest BCUT2D eigenvalue weighted by molar-refractivity contribution is 5.77. The first-order chi connectivity index (χ1) is 11.6. The molecule has 0 spiro atoms. The summed E-state index contributed by atoms with van der Waals surface area (Å²) in [6.07, 6.45) is 0. The molecule has 24 heavy (non-hydrogen) atoms. The topological polar surface area (TPSA) is 77.1 Å². The number of nitrogens with zero attached hydrogens (tertiary/aromatic N) is 3. The highest BCUT2D eigenvalue weighted by Gasteiger charge is 2.26. The Morgan fingerprint density at radius 1 is 1.12 bits per heavy atom. The third-order valence-electron chi connectivity index (χ3n) is 3.71. The van der Waals surface area contributed by atoms with E-state index in [0.29, 0.717) is 23.2 Å². The summed E-state index contributed by atoms with van der Waals surface area (Å²) in [5.74, 6) is -0.388. The summed E-state index contributed by atoms with van der Waals surface area (Å²) in [4.78, 5) is 14.1. The van der Waals surface area contributed by atoms with E-state index < -0.39 is 6.04 Å². The van der Waals surface area contributed by atoms with Crippen LogP contribution in [0.4, 0.5) is 0 Å². The quantitative estimate of drug-likeness (QED) is 0.792. The van der Waals surface area contributed by atoms with E-state index in [0.717, 1.165) is 5.56 Å². The van der Waals surface area contributed by atoms with Crippen molar-refractivity contribution in [3.63, 3.8) is 0 Å². The van der Waals surface area contributed by atoms with Gasteiger partial charge in [-0.1, -0.05) is 24.3 Å². The van der Waals surface area contributed by atoms with Crippen molar-refractivity contribution in [2.45, 2.75) is 12.6 Å². The van der Waals surface area contributed by atoms with E-state index in [9.17, 15) is 4.79 Å². The fraction of sp³-hybridized carbons (Fsp3) is 0.211. The first kappa shape index (κ1) is 17.2. The van der Waals surface area contributed by atoms with E-state index >= 15 is 0 Å². The van der Waals surface area contributed by atoms with E-state index in [1.54, 1.807) is 36.4 Å². The zero-order chi connectivity index (χ0) is 17.5. The lowest BCUT2D eigenvalue weighted by atomic mass is 10.0. The first-order valence-electron chi connectivity index (χ1n) is 7.36. The third-order valence-corrected chi connectivity index (χ3v) is 3.71. The van der Waals surface area contributed by atoms with E-state index in [1.807, 2.05) is 24.1 Å². The average Bonchev–Trinajstić information content (AvgIpc) is 2.62. The molecule has 0 saturated carbocycles. The van der Waals surface area contributed by atoms with Crippen molar-refractivity contribution >= 4 is 5.97 Å². The van der Waals surface area contributed by atoms with E-state index in [4.69, 9.17) is 15.3 Å². The maximum atomic E-state index is 12.3. The van der Waals surface area contributed by atoms with Gasteiger partial charge >= 0.3 is 5.97 Å². The van der Waals surface area contributed by atoms with Crippen molar-refractivity contribution in [1.82, 2.24) is 4.90 Å². The molecule has 1 atom stereocenters. The minimum atomic E-state index is -0.612. The molecule has 2 aromatic carbocycles. The van der Waals surface area contributed by atoms with Gasteiger partial charge in [-0.25, -0.2) is 4.79 Å². The Morgan fingerprint density at radius 3 is 2.38 bits per heavy atom. The molecule has 120 valence electrons. The molecule has 0 bridgehead atoms. The van der Waals surface area contributed by atoms with Crippen LogP contribution in [-0.4, -0.2) is 25.0 Å². The van der Waals surface area contributed by atoms with Gasteiger partial charge in [0, 0.05) is 6.54 Å². The highest BCUT2D eigenvalue weighted by atomic mass is 16.5. The molecule has 2 aromatic rings. The molecule has 0 aliphatic rings. The molecule has 2 rings (SSSR count). The molecule has 5 heteroatoms. The lowest BCUT2D eigenvalue weighted by Gasteiger charge is -2.26. The molecule has 0 unspecified atom stereocenters. The Balaban J connectivity index is 2.28. The standard InChI is InChI=1S/C19H17N3O2/c1-22(13-15-8-6-14(11-20)7-9-15)18(19(23)24-2)17-5-3-4-16(10-17)12-21/h3-10,18H,13H2,1-2H3/t18-/m1/s1. The van der Waals surface area contributed by atoms with Crippen LogP contribution < -0.4 is 0 Å². The minimum Gasteiger partial charge on any atom is -0.468 e. The molecule has 5 nitrogen and oxygen atoms in total. The van der Waals surface area contributed by atoms with Gasteiger partial charge < -0.3 is 4.74 Å². The largest absolute Gasteiger partial charge is 0.468 e. The van der Waals surface area contributed by atoms with Crippen molar-refractivity contribution in [2.75, 3.05) is 14.2 Å². The lowest BCUT2D eigenvalue weighted by Crippen LogP contribution is -2.31. The van der Waals surface area contributed by atoms with Crippen molar-refractivity contribution < 1.29 is 9.53 Å². The number of hydrogen-bond donors (Lipinski definition) is 0. The Bertz CT molecular complexity index is 801. The summed E-state index contributed by atoms with van der Waals surface area (Å²) in [6.45, 7) is 0.502. The Kier molecular flexibility index (Phi) is 5.68. The van der Waals surface area contributed by atoms with Crippen LogP contribution in [0.3, 0.4) is 0 Å². The van der Waals surface area contributed by atoms with Gasteiger partial charge in [0.05, 0.1) is 30.4 Å².